The number of hydrogen-bond acceptors (Lipinski definition) is 2. The van der Waals surface area contributed by atoms with Crippen LogP contribution in [0.15, 0.2) is 12.1 Å². The van der Waals surface area contributed by atoms with Crippen LogP contribution in [0.25, 0.3) is 0 Å². The molecule has 0 heterocycles. The third kappa shape index (κ3) is 3.88. The standard InChI is InChI=1S/C13H18F2O2/c1-4-5-8-16-10-6-7-11(17-9(2)3)13(15)12(10)14/h6-7,9H,4-5,8H2,1-3H3. The molecule has 96 valence electrons. The van der Waals surface area contributed by atoms with Gasteiger partial charge in [-0.25, -0.2) is 0 Å². The van der Waals surface area contributed by atoms with E-state index in [0.717, 1.165) is 12.8 Å². The van der Waals surface area contributed by atoms with E-state index in [-0.39, 0.29) is 17.6 Å². The molecule has 0 spiro atoms. The van der Waals surface area contributed by atoms with Crippen LogP contribution in [0.3, 0.4) is 0 Å². The second kappa shape index (κ2) is 6.42. The Kier molecular flexibility index (Phi) is 5.19. The third-order valence-corrected chi connectivity index (χ3v) is 2.13. The molecule has 0 N–H and O–H groups in total. The smallest absolute Gasteiger partial charge is 0.204 e. The molecule has 0 saturated heterocycles. The molecule has 1 aromatic rings. The first kappa shape index (κ1) is 13.7. The summed E-state index contributed by atoms with van der Waals surface area (Å²) in [5.41, 5.74) is 0. The van der Waals surface area contributed by atoms with Crippen LogP contribution in [0.5, 0.6) is 11.5 Å². The van der Waals surface area contributed by atoms with Crippen molar-refractivity contribution in [3.05, 3.63) is 23.8 Å². The zero-order valence-electron chi connectivity index (χ0n) is 10.4. The van der Waals surface area contributed by atoms with Gasteiger partial charge in [0.15, 0.2) is 11.5 Å². The van der Waals surface area contributed by atoms with Crippen molar-refractivity contribution in [2.75, 3.05) is 6.61 Å². The van der Waals surface area contributed by atoms with Crippen molar-refractivity contribution in [3.63, 3.8) is 0 Å². The van der Waals surface area contributed by atoms with Gasteiger partial charge in [-0.05, 0) is 32.4 Å². The predicted octanol–water partition coefficient (Wildman–Crippen LogP) is 3.93. The van der Waals surface area contributed by atoms with Crippen LogP contribution in [0.1, 0.15) is 33.6 Å². The normalized spacial score (nSPS) is 10.7. The Labute approximate surface area is 101 Å². The minimum absolute atomic E-state index is 0.0629. The van der Waals surface area contributed by atoms with Gasteiger partial charge in [0.05, 0.1) is 12.7 Å². The molecule has 4 heteroatoms. The molecule has 2 nitrogen and oxygen atoms in total. The van der Waals surface area contributed by atoms with E-state index in [2.05, 4.69) is 0 Å². The maximum Gasteiger partial charge on any atom is 0.204 e. The molecule has 0 aliphatic carbocycles. The summed E-state index contributed by atoms with van der Waals surface area (Å²) in [4.78, 5) is 0. The first-order chi connectivity index (χ1) is 8.06. The number of rotatable bonds is 6. The minimum Gasteiger partial charge on any atom is -0.490 e. The third-order valence-electron chi connectivity index (χ3n) is 2.13. The molecular weight excluding hydrogens is 226 g/mol. The van der Waals surface area contributed by atoms with Crippen LogP contribution in [0.2, 0.25) is 0 Å². The lowest BCUT2D eigenvalue weighted by molar-refractivity contribution is 0.224. The summed E-state index contributed by atoms with van der Waals surface area (Å²) < 4.78 is 37.4. The van der Waals surface area contributed by atoms with Gasteiger partial charge >= 0.3 is 0 Å². The van der Waals surface area contributed by atoms with Gasteiger partial charge in [-0.15, -0.1) is 0 Å². The largest absolute Gasteiger partial charge is 0.490 e. The Morgan fingerprint density at radius 1 is 1.12 bits per heavy atom. The summed E-state index contributed by atoms with van der Waals surface area (Å²) in [7, 11) is 0. The van der Waals surface area contributed by atoms with Crippen LogP contribution < -0.4 is 9.47 Å². The number of benzene rings is 1. The zero-order chi connectivity index (χ0) is 12.8. The van der Waals surface area contributed by atoms with E-state index in [1.165, 1.54) is 12.1 Å². The predicted molar refractivity (Wildman–Crippen MR) is 62.5 cm³/mol. The van der Waals surface area contributed by atoms with Gasteiger partial charge in [-0.3, -0.25) is 0 Å². The van der Waals surface area contributed by atoms with E-state index in [9.17, 15) is 8.78 Å². The van der Waals surface area contributed by atoms with E-state index in [1.54, 1.807) is 13.8 Å². The molecule has 0 aromatic heterocycles. The van der Waals surface area contributed by atoms with E-state index < -0.39 is 11.6 Å². The Hall–Kier alpha value is -1.32. The maximum absolute atomic E-state index is 13.6. The zero-order valence-corrected chi connectivity index (χ0v) is 10.4. The fraction of sp³-hybridized carbons (Fsp3) is 0.538. The van der Waals surface area contributed by atoms with Crippen molar-refractivity contribution < 1.29 is 18.3 Å². The SMILES string of the molecule is CCCCOc1ccc(OC(C)C)c(F)c1F. The average molecular weight is 244 g/mol. The molecule has 0 aliphatic rings. The molecule has 0 radical (unpaired) electrons. The molecule has 0 unspecified atom stereocenters. The summed E-state index contributed by atoms with van der Waals surface area (Å²) in [5.74, 6) is -2.13. The van der Waals surface area contributed by atoms with Gasteiger partial charge < -0.3 is 9.47 Å². The van der Waals surface area contributed by atoms with Crippen molar-refractivity contribution in [1.29, 1.82) is 0 Å². The fourth-order valence-electron chi connectivity index (χ4n) is 1.30. The topological polar surface area (TPSA) is 18.5 Å². The van der Waals surface area contributed by atoms with Crippen molar-refractivity contribution in [3.8, 4) is 11.5 Å². The molecule has 1 aromatic carbocycles. The summed E-state index contributed by atoms with van der Waals surface area (Å²) in [6.45, 7) is 5.89. The van der Waals surface area contributed by atoms with Crippen LogP contribution >= 0.6 is 0 Å². The van der Waals surface area contributed by atoms with Crippen LogP contribution in [-0.2, 0) is 0 Å². The Morgan fingerprint density at radius 3 is 2.29 bits per heavy atom. The van der Waals surface area contributed by atoms with Crippen molar-refractivity contribution in [1.82, 2.24) is 0 Å². The lowest BCUT2D eigenvalue weighted by Crippen LogP contribution is -2.08. The van der Waals surface area contributed by atoms with Crippen LogP contribution in [0, 0.1) is 11.6 Å². The molecule has 0 fully saturated rings. The molecule has 0 saturated carbocycles. The number of unbranched alkanes of at least 4 members (excludes halogenated alkanes) is 1. The number of halogens is 2. The quantitative estimate of drug-likeness (QED) is 0.706. The summed E-state index contributed by atoms with van der Waals surface area (Å²) in [6, 6.07) is 2.78. The maximum atomic E-state index is 13.6. The first-order valence-corrected chi connectivity index (χ1v) is 5.83. The Balaban J connectivity index is 2.79. The van der Waals surface area contributed by atoms with E-state index in [1.807, 2.05) is 6.92 Å². The highest BCUT2D eigenvalue weighted by Gasteiger charge is 2.16. The lowest BCUT2D eigenvalue weighted by Gasteiger charge is -2.13. The minimum atomic E-state index is -0.993. The molecule has 17 heavy (non-hydrogen) atoms. The van der Waals surface area contributed by atoms with E-state index in [0.29, 0.717) is 6.61 Å². The van der Waals surface area contributed by atoms with Crippen LogP contribution in [-0.4, -0.2) is 12.7 Å². The van der Waals surface area contributed by atoms with Gasteiger partial charge in [-0.1, -0.05) is 13.3 Å². The summed E-state index contributed by atoms with van der Waals surface area (Å²) >= 11 is 0. The van der Waals surface area contributed by atoms with Gasteiger partial charge in [-0.2, -0.15) is 8.78 Å². The van der Waals surface area contributed by atoms with E-state index in [4.69, 9.17) is 9.47 Å². The van der Waals surface area contributed by atoms with Gasteiger partial charge in [0.2, 0.25) is 11.6 Å². The lowest BCUT2D eigenvalue weighted by atomic mass is 10.3. The van der Waals surface area contributed by atoms with Crippen molar-refractivity contribution in [2.45, 2.75) is 39.7 Å². The molecule has 0 amide bonds. The highest BCUT2D eigenvalue weighted by Crippen LogP contribution is 2.28. The van der Waals surface area contributed by atoms with Gasteiger partial charge in [0.25, 0.3) is 0 Å². The molecule has 0 bridgehead atoms. The Morgan fingerprint density at radius 2 is 1.71 bits per heavy atom. The summed E-state index contributed by atoms with van der Waals surface area (Å²) in [6.07, 6.45) is 1.56. The second-order valence-corrected chi connectivity index (χ2v) is 4.06. The molecule has 0 atom stereocenters. The Bertz CT molecular complexity index is 365. The number of ether oxygens (including phenoxy) is 2. The van der Waals surface area contributed by atoms with E-state index >= 15 is 0 Å². The molecule has 0 aliphatic heterocycles. The first-order valence-electron chi connectivity index (χ1n) is 5.83. The monoisotopic (exact) mass is 244 g/mol. The van der Waals surface area contributed by atoms with Gasteiger partial charge in [0, 0.05) is 0 Å². The summed E-state index contributed by atoms with van der Waals surface area (Å²) in [5, 5.41) is 0. The molecular formula is C13H18F2O2. The highest BCUT2D eigenvalue weighted by molar-refractivity contribution is 5.35. The van der Waals surface area contributed by atoms with Crippen molar-refractivity contribution in [2.24, 2.45) is 0 Å². The van der Waals surface area contributed by atoms with Gasteiger partial charge in [0.1, 0.15) is 0 Å². The average Bonchev–Trinajstić information content (AvgIpc) is 2.28. The van der Waals surface area contributed by atoms with Crippen molar-refractivity contribution >= 4 is 0 Å². The van der Waals surface area contributed by atoms with Crippen LogP contribution in [0.4, 0.5) is 8.78 Å². The second-order valence-electron chi connectivity index (χ2n) is 4.06. The highest BCUT2D eigenvalue weighted by atomic mass is 19.2. The fourth-order valence-corrected chi connectivity index (χ4v) is 1.30. The number of hydrogen-bond donors (Lipinski definition) is 0. The molecule has 1 rings (SSSR count).